The van der Waals surface area contributed by atoms with E-state index in [1.807, 2.05) is 6.07 Å². The molecule has 14 nitrogen and oxygen atoms in total. The molecule has 0 aliphatic rings. The van der Waals surface area contributed by atoms with Gasteiger partial charge in [0.05, 0.1) is 71.5 Å². The molecule has 2 unspecified atom stereocenters. The zero-order valence-electron chi connectivity index (χ0n) is 27.4. The Morgan fingerprint density at radius 3 is 1.65 bits per heavy atom. The van der Waals surface area contributed by atoms with Crippen molar-refractivity contribution in [3.63, 3.8) is 0 Å². The molecule has 2 aromatic heterocycles. The minimum atomic E-state index is -4.68. The normalized spacial score (nSPS) is 13.7. The number of anilines is 1. The lowest BCUT2D eigenvalue weighted by molar-refractivity contribution is 0.283. The Balaban J connectivity index is 1.72. The van der Waals surface area contributed by atoms with E-state index in [1.54, 1.807) is 72.7 Å². The molecule has 0 bridgehead atoms. The highest BCUT2D eigenvalue weighted by Gasteiger charge is 2.42. The SMILES string of the molecule is COc1cccc(-c2ccc(N(C)CC(CS(=O)(=O)O)[N+](C)(CS(=O)(=O)O)c3ccc(-c4cccc(OC)c4OC)nc3)cn2)c1OC. The maximum absolute atomic E-state index is 12.4. The highest BCUT2D eigenvalue weighted by Crippen LogP contribution is 2.39. The summed E-state index contributed by atoms with van der Waals surface area (Å²) in [4.78, 5) is 10.8. The lowest BCUT2D eigenvalue weighted by Crippen LogP contribution is -2.62. The maximum Gasteiger partial charge on any atom is 0.316 e. The van der Waals surface area contributed by atoms with Crippen LogP contribution in [0, 0.1) is 0 Å². The van der Waals surface area contributed by atoms with E-state index >= 15 is 0 Å². The third-order valence-electron chi connectivity index (χ3n) is 8.01. The monoisotopic (exact) mass is 703 g/mol. The van der Waals surface area contributed by atoms with Gasteiger partial charge in [0.15, 0.2) is 28.7 Å². The second-order valence-corrected chi connectivity index (χ2v) is 14.1. The average Bonchev–Trinajstić information content (AvgIpc) is 3.05. The van der Waals surface area contributed by atoms with Crippen LogP contribution in [0.2, 0.25) is 0 Å². The first kappa shape index (κ1) is 36.4. The molecule has 0 spiro atoms. The van der Waals surface area contributed by atoms with Gasteiger partial charge in [-0.05, 0) is 42.5 Å². The average molecular weight is 704 g/mol. The van der Waals surface area contributed by atoms with Gasteiger partial charge < -0.3 is 23.8 Å². The van der Waals surface area contributed by atoms with Crippen LogP contribution in [-0.4, -0.2) is 103 Å². The van der Waals surface area contributed by atoms with E-state index in [-0.39, 0.29) is 12.2 Å². The molecular weight excluding hydrogens is 665 g/mol. The topological polar surface area (TPSA) is 175 Å². The first-order valence-electron chi connectivity index (χ1n) is 14.5. The molecule has 0 aliphatic carbocycles. The van der Waals surface area contributed by atoms with E-state index < -0.39 is 42.4 Å². The van der Waals surface area contributed by atoms with Crippen molar-refractivity contribution in [1.82, 2.24) is 14.5 Å². The summed E-state index contributed by atoms with van der Waals surface area (Å²) in [6.45, 7) is -0.0826. The Morgan fingerprint density at radius 2 is 1.25 bits per heavy atom. The smallest absolute Gasteiger partial charge is 0.316 e. The summed E-state index contributed by atoms with van der Waals surface area (Å²) in [6, 6.07) is 16.3. The van der Waals surface area contributed by atoms with Gasteiger partial charge in [-0.25, -0.2) is 4.98 Å². The molecule has 4 aromatic rings. The van der Waals surface area contributed by atoms with Crippen LogP contribution >= 0.6 is 0 Å². The van der Waals surface area contributed by atoms with Crippen molar-refractivity contribution < 1.29 is 44.9 Å². The van der Waals surface area contributed by atoms with Crippen molar-refractivity contribution in [2.24, 2.45) is 0 Å². The van der Waals surface area contributed by atoms with Gasteiger partial charge in [-0.2, -0.15) is 16.8 Å². The Morgan fingerprint density at radius 1 is 0.729 bits per heavy atom. The molecule has 4 rings (SSSR count). The first-order chi connectivity index (χ1) is 22.6. The van der Waals surface area contributed by atoms with E-state index in [1.165, 1.54) is 41.7 Å². The maximum atomic E-state index is 12.4. The Bertz CT molecular complexity index is 1940. The molecule has 0 amide bonds. The van der Waals surface area contributed by atoms with Crippen molar-refractivity contribution in [2.45, 2.75) is 6.04 Å². The Hall–Kier alpha value is -4.48. The molecule has 0 radical (unpaired) electrons. The number of pyridine rings is 2. The van der Waals surface area contributed by atoms with Crippen LogP contribution in [0.25, 0.3) is 22.5 Å². The number of benzene rings is 2. The van der Waals surface area contributed by atoms with Crippen LogP contribution in [0.4, 0.5) is 11.4 Å². The number of aromatic nitrogens is 2. The third-order valence-corrected chi connectivity index (χ3v) is 9.68. The number of quaternary nitrogens is 1. The van der Waals surface area contributed by atoms with Crippen LogP contribution in [0.5, 0.6) is 23.0 Å². The standard InChI is InChI=1S/C32H38N4O10S2/c1-35(22-13-15-27(33-17-22)25-9-7-11-29(43-3)31(25)45-5)19-24(20-47(37,38)39)36(2,21-48(40,41)42)23-14-16-28(34-18-23)26-10-8-12-30(44-4)32(26)46-6/h7-18,24H,19-21H2,1-6H3,(H-,37,38,39,40,41,42)/p+1. The van der Waals surface area contributed by atoms with Gasteiger partial charge in [-0.1, -0.05) is 12.1 Å². The van der Waals surface area contributed by atoms with Crippen molar-refractivity contribution in [3.05, 3.63) is 73.1 Å². The number of likely N-dealkylation sites (N-methyl/N-ethyl adjacent to an activating group) is 2. The van der Waals surface area contributed by atoms with Crippen LogP contribution in [-0.2, 0) is 20.2 Å². The minimum absolute atomic E-state index is 0.0826. The van der Waals surface area contributed by atoms with Gasteiger partial charge >= 0.3 is 10.1 Å². The van der Waals surface area contributed by atoms with Gasteiger partial charge in [-0.15, -0.1) is 0 Å². The summed E-state index contributed by atoms with van der Waals surface area (Å²) in [5.74, 6) is 0.218. The van der Waals surface area contributed by atoms with Crippen LogP contribution in [0.1, 0.15) is 0 Å². The summed E-state index contributed by atoms with van der Waals surface area (Å²) in [6.07, 6.45) is 2.97. The van der Waals surface area contributed by atoms with E-state index in [0.29, 0.717) is 51.2 Å². The lowest BCUT2D eigenvalue weighted by Gasteiger charge is -2.41. The van der Waals surface area contributed by atoms with Gasteiger partial charge in [-0.3, -0.25) is 18.6 Å². The Labute approximate surface area is 280 Å². The second-order valence-electron chi connectivity index (χ2n) is 11.1. The fourth-order valence-corrected chi connectivity index (χ4v) is 7.55. The molecule has 2 atom stereocenters. The van der Waals surface area contributed by atoms with E-state index in [9.17, 15) is 25.9 Å². The molecule has 0 saturated carbocycles. The lowest BCUT2D eigenvalue weighted by atomic mass is 10.1. The molecule has 16 heteroatoms. The molecule has 0 saturated heterocycles. The van der Waals surface area contributed by atoms with Gasteiger partial charge in [0, 0.05) is 24.2 Å². The second kappa shape index (κ2) is 14.7. The molecule has 258 valence electrons. The molecule has 0 fully saturated rings. The molecular formula is C32H39N4O10S2+. The van der Waals surface area contributed by atoms with Crippen LogP contribution < -0.4 is 28.3 Å². The van der Waals surface area contributed by atoms with Gasteiger partial charge in [0.2, 0.25) is 5.88 Å². The van der Waals surface area contributed by atoms with Gasteiger partial charge in [0.1, 0.15) is 11.8 Å². The molecule has 2 N–H and O–H groups in total. The minimum Gasteiger partial charge on any atom is -0.493 e. The number of hydrogen-bond donors (Lipinski definition) is 2. The van der Waals surface area contributed by atoms with Crippen molar-refractivity contribution >= 4 is 31.6 Å². The number of methoxy groups -OCH3 is 4. The zero-order valence-corrected chi connectivity index (χ0v) is 29.0. The summed E-state index contributed by atoms with van der Waals surface area (Å²) in [5, 5.41) is 0. The third kappa shape index (κ3) is 8.32. The summed E-state index contributed by atoms with van der Waals surface area (Å²) in [7, 11) is -0.130. The quantitative estimate of drug-likeness (QED) is 0.134. The molecule has 48 heavy (non-hydrogen) atoms. The van der Waals surface area contributed by atoms with Crippen molar-refractivity contribution in [2.75, 3.05) is 65.6 Å². The predicted molar refractivity (Wildman–Crippen MR) is 183 cm³/mol. The number of para-hydroxylation sites is 2. The summed E-state index contributed by atoms with van der Waals surface area (Å²) >= 11 is 0. The fourth-order valence-electron chi connectivity index (χ4n) is 5.59. The number of rotatable bonds is 15. The van der Waals surface area contributed by atoms with Crippen molar-refractivity contribution in [1.29, 1.82) is 0 Å². The highest BCUT2D eigenvalue weighted by molar-refractivity contribution is 7.86. The first-order valence-corrected chi connectivity index (χ1v) is 17.7. The Kier molecular flexibility index (Phi) is 11.2. The summed E-state index contributed by atoms with van der Waals surface area (Å²) < 4.78 is 90.6. The van der Waals surface area contributed by atoms with Crippen LogP contribution in [0.3, 0.4) is 0 Å². The molecule has 2 heterocycles. The molecule has 2 aromatic carbocycles. The van der Waals surface area contributed by atoms with Gasteiger partial charge in [0.25, 0.3) is 10.1 Å². The predicted octanol–water partition coefficient (Wildman–Crippen LogP) is 4.02. The fraction of sp³-hybridized carbons (Fsp3) is 0.312. The number of ether oxygens (including phenoxy) is 4. The van der Waals surface area contributed by atoms with Crippen molar-refractivity contribution in [3.8, 4) is 45.5 Å². The largest absolute Gasteiger partial charge is 0.493 e. The highest BCUT2D eigenvalue weighted by atomic mass is 32.2. The zero-order chi connectivity index (χ0) is 35.3. The number of hydrogen-bond acceptors (Lipinski definition) is 11. The molecule has 0 aliphatic heterocycles. The van der Waals surface area contributed by atoms with Crippen LogP contribution in [0.15, 0.2) is 73.1 Å². The van der Waals surface area contributed by atoms with E-state index in [4.69, 9.17) is 18.9 Å². The summed E-state index contributed by atoms with van der Waals surface area (Å²) in [5.41, 5.74) is 3.18. The van der Waals surface area contributed by atoms with E-state index in [2.05, 4.69) is 9.97 Å². The number of nitrogens with zero attached hydrogens (tertiary/aromatic N) is 4. The van der Waals surface area contributed by atoms with E-state index in [0.717, 1.165) is 0 Å².